The number of unbranched alkanes of at least 4 members (excludes halogenated alkanes) is 1. The molecule has 3 heterocycles. The molecular weight excluding hydrogens is 568 g/mol. The van der Waals surface area contributed by atoms with Crippen LogP contribution in [0.15, 0.2) is 29.1 Å². The number of β-amino-alcohol motifs (C(OH)–C–C–N with tert-alkyl or cyclic N) is 1. The third kappa shape index (κ3) is 9.00. The fourth-order valence-corrected chi connectivity index (χ4v) is 5.01. The smallest absolute Gasteiger partial charge is 0.327 e. The van der Waals surface area contributed by atoms with Crippen LogP contribution in [-0.2, 0) is 22.7 Å². The van der Waals surface area contributed by atoms with Gasteiger partial charge in [0.25, 0.3) is 0 Å². The zero-order valence-electron chi connectivity index (χ0n) is 25.7. The highest BCUT2D eigenvalue weighted by molar-refractivity contribution is 5.82. The number of nitrogens with two attached hydrogens (primary N) is 1. The minimum absolute atomic E-state index is 0.0217. The molecule has 0 radical (unpaired) electrons. The Bertz CT molecular complexity index is 1430. The number of hydrogen-bond donors (Lipinski definition) is 3. The van der Waals surface area contributed by atoms with E-state index in [0.29, 0.717) is 56.1 Å². The van der Waals surface area contributed by atoms with E-state index in [-0.39, 0.29) is 49.0 Å². The van der Waals surface area contributed by atoms with Gasteiger partial charge in [-0.2, -0.15) is 9.97 Å². The number of nitrogens with zero attached hydrogens (tertiary/aromatic N) is 6. The first-order chi connectivity index (χ1) is 21.3. The number of aliphatic hydroxyl groups is 1. The number of fused-ring (bicyclic) bond motifs is 1. The third-order valence-corrected chi connectivity index (χ3v) is 7.58. The highest BCUT2D eigenvalue weighted by Gasteiger charge is 2.22. The molecule has 4 N–H and O–H groups in total. The number of H-pyrrole nitrogens is 1. The zero-order valence-corrected chi connectivity index (χ0v) is 25.7. The summed E-state index contributed by atoms with van der Waals surface area (Å²) in [5.74, 6) is 0.262. The van der Waals surface area contributed by atoms with Crippen LogP contribution >= 0.6 is 0 Å². The van der Waals surface area contributed by atoms with Gasteiger partial charge < -0.3 is 30.2 Å². The van der Waals surface area contributed by atoms with E-state index in [1.165, 1.54) is 4.57 Å². The molecule has 0 saturated carbocycles. The number of piperazine rings is 1. The van der Waals surface area contributed by atoms with Crippen LogP contribution in [0.3, 0.4) is 0 Å². The molecule has 1 saturated heterocycles. The van der Waals surface area contributed by atoms with Crippen molar-refractivity contribution in [1.29, 1.82) is 0 Å². The highest BCUT2D eigenvalue weighted by atomic mass is 16.5. The Labute approximate surface area is 256 Å². The second-order valence-corrected chi connectivity index (χ2v) is 10.9. The number of benzene rings is 1. The van der Waals surface area contributed by atoms with Crippen molar-refractivity contribution in [2.24, 2.45) is 0 Å². The van der Waals surface area contributed by atoms with Crippen molar-refractivity contribution in [3.05, 3.63) is 40.3 Å². The number of esters is 1. The number of amides is 1. The average molecular weight is 613 g/mol. The van der Waals surface area contributed by atoms with Crippen LogP contribution in [-0.4, -0.2) is 110 Å². The molecule has 0 spiro atoms. The molecule has 0 atom stereocenters. The summed E-state index contributed by atoms with van der Waals surface area (Å²) in [5.41, 5.74) is 7.34. The fourth-order valence-electron chi connectivity index (χ4n) is 5.01. The summed E-state index contributed by atoms with van der Waals surface area (Å²) in [6, 6.07) is 7.26. The third-order valence-electron chi connectivity index (χ3n) is 7.58. The summed E-state index contributed by atoms with van der Waals surface area (Å²) in [6.45, 7) is 9.40. The number of nitrogen functional groups attached to an aromatic ring is 1. The number of aromatic nitrogens is 4. The molecule has 3 aromatic rings. The van der Waals surface area contributed by atoms with Crippen LogP contribution in [0, 0.1) is 0 Å². The van der Waals surface area contributed by atoms with Gasteiger partial charge in [-0.1, -0.05) is 32.4 Å². The van der Waals surface area contributed by atoms with Crippen LogP contribution in [0.1, 0.15) is 45.1 Å². The first-order valence-electron chi connectivity index (χ1n) is 15.3. The molecule has 1 aliphatic rings. The highest BCUT2D eigenvalue weighted by Crippen LogP contribution is 2.19. The van der Waals surface area contributed by atoms with Gasteiger partial charge >= 0.3 is 17.7 Å². The van der Waals surface area contributed by atoms with Crippen molar-refractivity contribution >= 4 is 28.9 Å². The predicted molar refractivity (Wildman–Crippen MR) is 165 cm³/mol. The Morgan fingerprint density at radius 1 is 1.05 bits per heavy atom. The molecular formula is C30H44N8O6. The van der Waals surface area contributed by atoms with Gasteiger partial charge in [0.2, 0.25) is 5.91 Å². The van der Waals surface area contributed by atoms with Gasteiger partial charge in [0.1, 0.15) is 11.3 Å². The summed E-state index contributed by atoms with van der Waals surface area (Å²) in [6.07, 6.45) is 2.57. The van der Waals surface area contributed by atoms with Gasteiger partial charge in [-0.15, -0.1) is 0 Å². The van der Waals surface area contributed by atoms with Crippen molar-refractivity contribution in [3.63, 3.8) is 0 Å². The number of aromatic amines is 1. The number of imidazole rings is 1. The fraction of sp³-hybridized carbons (Fsp3) is 0.567. The first kappa shape index (κ1) is 32.9. The van der Waals surface area contributed by atoms with Gasteiger partial charge in [0, 0.05) is 58.8 Å². The molecule has 1 aromatic carbocycles. The Morgan fingerprint density at radius 3 is 2.45 bits per heavy atom. The maximum atomic E-state index is 13.6. The topological polar surface area (TPSA) is 172 Å². The minimum atomic E-state index is -0.359. The van der Waals surface area contributed by atoms with E-state index >= 15 is 0 Å². The molecule has 4 rings (SSSR count). The summed E-state index contributed by atoms with van der Waals surface area (Å²) in [7, 11) is 0. The van der Waals surface area contributed by atoms with Crippen LogP contribution in [0.2, 0.25) is 0 Å². The second kappa shape index (κ2) is 16.2. The van der Waals surface area contributed by atoms with E-state index in [4.69, 9.17) is 15.2 Å². The maximum absolute atomic E-state index is 13.6. The molecule has 0 unspecified atom stereocenters. The van der Waals surface area contributed by atoms with E-state index < -0.39 is 0 Å². The Kier molecular flexibility index (Phi) is 12.1. The summed E-state index contributed by atoms with van der Waals surface area (Å²) < 4.78 is 12.4. The number of nitrogens with one attached hydrogen (secondary N) is 1. The number of rotatable bonds is 16. The standard InChI is InChI=1S/C30H44N8O6/c1-3-5-19-43-29-33-27(31)26-28(34-29)38(30(42)32-26)12-6-11-37(20-22-7-9-23(10-8-22)44-25(41)4-2)24(40)21-36-15-13-35(14-16-36)17-18-39/h7-10,39H,3-6,11-21H2,1-2H3,(H,32,42)(H2,31,33,34). The van der Waals surface area contributed by atoms with Crippen molar-refractivity contribution < 1.29 is 24.2 Å². The van der Waals surface area contributed by atoms with E-state index in [9.17, 15) is 19.5 Å². The number of carbonyl (C=O) groups is 2. The number of hydrogen-bond acceptors (Lipinski definition) is 11. The number of aryl methyl sites for hydroxylation is 1. The molecule has 0 bridgehead atoms. The largest absolute Gasteiger partial charge is 0.463 e. The lowest BCUT2D eigenvalue weighted by Gasteiger charge is -2.35. The first-order valence-corrected chi connectivity index (χ1v) is 15.3. The monoisotopic (exact) mass is 612 g/mol. The van der Waals surface area contributed by atoms with Gasteiger partial charge in [0.05, 0.1) is 19.8 Å². The number of carbonyl (C=O) groups excluding carboxylic acids is 2. The van der Waals surface area contributed by atoms with Crippen molar-refractivity contribution in [2.45, 2.75) is 52.6 Å². The van der Waals surface area contributed by atoms with Crippen molar-refractivity contribution in [1.82, 2.24) is 34.2 Å². The lowest BCUT2D eigenvalue weighted by Crippen LogP contribution is -2.50. The molecule has 0 aliphatic carbocycles. The average Bonchev–Trinajstić information content (AvgIpc) is 3.34. The molecule has 44 heavy (non-hydrogen) atoms. The molecule has 1 aliphatic heterocycles. The summed E-state index contributed by atoms with van der Waals surface area (Å²) >= 11 is 0. The van der Waals surface area contributed by atoms with Crippen LogP contribution < -0.4 is 20.9 Å². The number of ether oxygens (including phenoxy) is 2. The summed E-state index contributed by atoms with van der Waals surface area (Å²) in [5, 5.41) is 9.23. The van der Waals surface area contributed by atoms with Crippen molar-refractivity contribution in [2.75, 3.05) is 64.8 Å². The van der Waals surface area contributed by atoms with E-state index in [1.807, 2.05) is 12.1 Å². The SMILES string of the molecule is CCCCOc1nc(N)c2[nH]c(=O)n(CCCN(Cc3ccc(OC(=O)CC)cc3)C(=O)CN3CCN(CCO)CC3)c2n1. The van der Waals surface area contributed by atoms with Gasteiger partial charge in [0.15, 0.2) is 11.5 Å². The lowest BCUT2D eigenvalue weighted by atomic mass is 10.2. The Balaban J connectivity index is 1.45. The number of aliphatic hydroxyl groups excluding tert-OH is 1. The van der Waals surface area contributed by atoms with E-state index in [1.54, 1.807) is 24.0 Å². The predicted octanol–water partition coefficient (Wildman–Crippen LogP) is 1.22. The molecule has 1 fully saturated rings. The zero-order chi connectivity index (χ0) is 31.5. The number of anilines is 1. The minimum Gasteiger partial charge on any atom is -0.463 e. The molecule has 2 aromatic heterocycles. The van der Waals surface area contributed by atoms with Gasteiger partial charge in [-0.25, -0.2) is 4.79 Å². The van der Waals surface area contributed by atoms with Gasteiger partial charge in [-0.3, -0.25) is 24.0 Å². The van der Waals surface area contributed by atoms with Crippen LogP contribution in [0.4, 0.5) is 5.82 Å². The van der Waals surface area contributed by atoms with Crippen molar-refractivity contribution in [3.8, 4) is 11.8 Å². The lowest BCUT2D eigenvalue weighted by molar-refractivity contribution is -0.134. The summed E-state index contributed by atoms with van der Waals surface area (Å²) in [4.78, 5) is 55.5. The van der Waals surface area contributed by atoms with E-state index in [2.05, 4.69) is 31.7 Å². The molecule has 240 valence electrons. The van der Waals surface area contributed by atoms with Crippen LogP contribution in [0.5, 0.6) is 11.8 Å². The Morgan fingerprint density at radius 2 is 1.77 bits per heavy atom. The molecule has 1 amide bonds. The second-order valence-electron chi connectivity index (χ2n) is 10.9. The molecule has 14 heteroatoms. The normalized spacial score (nSPS) is 14.2. The quantitative estimate of drug-likeness (QED) is 0.121. The Hall–Kier alpha value is -4.01. The van der Waals surface area contributed by atoms with E-state index in [0.717, 1.165) is 44.6 Å². The van der Waals surface area contributed by atoms with Gasteiger partial charge in [-0.05, 0) is 30.5 Å². The van der Waals surface area contributed by atoms with Crippen LogP contribution in [0.25, 0.3) is 11.2 Å². The maximum Gasteiger partial charge on any atom is 0.327 e. The molecule has 14 nitrogen and oxygen atoms in total.